The summed E-state index contributed by atoms with van der Waals surface area (Å²) in [5.74, 6) is -2.27. The van der Waals surface area contributed by atoms with Gasteiger partial charge in [-0.1, -0.05) is 15.9 Å². The second kappa shape index (κ2) is 4.67. The Bertz CT molecular complexity index is 438. The largest absolute Gasteiger partial charge is 0.292 e. The number of benzene rings is 1. The van der Waals surface area contributed by atoms with Crippen LogP contribution >= 0.6 is 27.5 Å². The van der Waals surface area contributed by atoms with Crippen LogP contribution in [0.25, 0.3) is 0 Å². The molecular formula is C8H4BrClFNO3. The van der Waals surface area contributed by atoms with E-state index in [0.29, 0.717) is 0 Å². The number of nitro groups is 1. The van der Waals surface area contributed by atoms with Crippen LogP contribution in [0.4, 0.5) is 10.1 Å². The smallest absolute Gasteiger partial charge is 0.284 e. The Labute approximate surface area is 97.3 Å². The van der Waals surface area contributed by atoms with E-state index >= 15 is 0 Å². The molecule has 80 valence electrons. The standard InChI is InChI=1S/C8H4BrClFNO3/c9-4-1-5(11)8(7(13)3-10)6(2-4)12(14)15/h1-2H,3H2. The van der Waals surface area contributed by atoms with Gasteiger partial charge in [0.05, 0.1) is 10.8 Å². The number of hydrogen-bond acceptors (Lipinski definition) is 3. The molecule has 0 N–H and O–H groups in total. The Balaban J connectivity index is 3.46. The van der Waals surface area contributed by atoms with Crippen LogP contribution in [-0.4, -0.2) is 16.6 Å². The van der Waals surface area contributed by atoms with Gasteiger partial charge in [0.15, 0.2) is 5.78 Å². The molecule has 7 heteroatoms. The molecule has 0 heterocycles. The molecular weight excluding hydrogens is 292 g/mol. The van der Waals surface area contributed by atoms with Crippen molar-refractivity contribution in [1.29, 1.82) is 0 Å². The average Bonchev–Trinajstić information content (AvgIpc) is 2.15. The SMILES string of the molecule is O=C(CCl)c1c(F)cc(Br)cc1[N+](=O)[O-]. The summed E-state index contributed by atoms with van der Waals surface area (Å²) in [6.45, 7) is 0. The fourth-order valence-corrected chi connectivity index (χ4v) is 1.60. The fraction of sp³-hybridized carbons (Fsp3) is 0.125. The van der Waals surface area contributed by atoms with Crippen molar-refractivity contribution < 1.29 is 14.1 Å². The molecule has 0 unspecified atom stereocenters. The minimum atomic E-state index is -0.957. The van der Waals surface area contributed by atoms with E-state index in [1.165, 1.54) is 0 Å². The maximum absolute atomic E-state index is 13.3. The molecule has 0 spiro atoms. The molecule has 0 aliphatic rings. The van der Waals surface area contributed by atoms with E-state index in [-0.39, 0.29) is 4.47 Å². The third-order valence-electron chi connectivity index (χ3n) is 1.63. The van der Waals surface area contributed by atoms with E-state index < -0.39 is 33.7 Å². The summed E-state index contributed by atoms with van der Waals surface area (Å²) in [6, 6.07) is 2.04. The second-order valence-electron chi connectivity index (χ2n) is 2.60. The summed E-state index contributed by atoms with van der Waals surface area (Å²) in [4.78, 5) is 20.9. The number of Topliss-reactive ketones (excluding diaryl/α,β-unsaturated/α-hetero) is 1. The topological polar surface area (TPSA) is 60.2 Å². The first-order valence-electron chi connectivity index (χ1n) is 3.70. The van der Waals surface area contributed by atoms with Crippen molar-refractivity contribution >= 4 is 39.0 Å². The Morgan fingerprint density at radius 3 is 2.67 bits per heavy atom. The van der Waals surface area contributed by atoms with Crippen LogP contribution < -0.4 is 0 Å². The maximum atomic E-state index is 13.3. The molecule has 0 fully saturated rings. The zero-order valence-corrected chi connectivity index (χ0v) is 9.51. The molecule has 0 aliphatic heterocycles. The summed E-state index contributed by atoms with van der Waals surface area (Å²) in [6.07, 6.45) is 0. The van der Waals surface area contributed by atoms with Crippen molar-refractivity contribution in [3.8, 4) is 0 Å². The predicted molar refractivity (Wildman–Crippen MR) is 55.8 cm³/mol. The molecule has 0 saturated heterocycles. The van der Waals surface area contributed by atoms with E-state index in [0.717, 1.165) is 12.1 Å². The van der Waals surface area contributed by atoms with Crippen molar-refractivity contribution in [3.63, 3.8) is 0 Å². The molecule has 4 nitrogen and oxygen atoms in total. The van der Waals surface area contributed by atoms with Crippen molar-refractivity contribution in [2.75, 3.05) is 5.88 Å². The predicted octanol–water partition coefficient (Wildman–Crippen LogP) is 2.92. The summed E-state index contributed by atoms with van der Waals surface area (Å²) >= 11 is 8.12. The number of carbonyl (C=O) groups is 1. The first kappa shape index (κ1) is 12.1. The van der Waals surface area contributed by atoms with E-state index in [2.05, 4.69) is 15.9 Å². The van der Waals surface area contributed by atoms with Gasteiger partial charge in [0, 0.05) is 10.5 Å². The Morgan fingerprint density at radius 2 is 2.20 bits per heavy atom. The quantitative estimate of drug-likeness (QED) is 0.373. The van der Waals surface area contributed by atoms with Gasteiger partial charge >= 0.3 is 0 Å². The van der Waals surface area contributed by atoms with Gasteiger partial charge in [0.2, 0.25) is 0 Å². The van der Waals surface area contributed by atoms with Gasteiger partial charge in [-0.25, -0.2) is 4.39 Å². The number of hydrogen-bond donors (Lipinski definition) is 0. The number of ketones is 1. The van der Waals surface area contributed by atoms with Crippen LogP contribution in [-0.2, 0) is 0 Å². The second-order valence-corrected chi connectivity index (χ2v) is 3.78. The molecule has 0 radical (unpaired) electrons. The summed E-state index contributed by atoms with van der Waals surface area (Å²) in [5.41, 5.74) is -1.18. The highest BCUT2D eigenvalue weighted by atomic mass is 79.9. The van der Waals surface area contributed by atoms with Crippen molar-refractivity contribution in [2.24, 2.45) is 0 Å². The summed E-state index contributed by atoms with van der Waals surface area (Å²) in [7, 11) is 0. The Kier molecular flexibility index (Phi) is 3.76. The highest BCUT2D eigenvalue weighted by Crippen LogP contribution is 2.27. The molecule has 1 rings (SSSR count). The zero-order chi connectivity index (χ0) is 11.6. The lowest BCUT2D eigenvalue weighted by atomic mass is 10.1. The molecule has 15 heavy (non-hydrogen) atoms. The molecule has 0 amide bonds. The lowest BCUT2D eigenvalue weighted by Crippen LogP contribution is -2.08. The molecule has 0 aliphatic carbocycles. The maximum Gasteiger partial charge on any atom is 0.284 e. The van der Waals surface area contributed by atoms with Crippen LogP contribution in [0.3, 0.4) is 0 Å². The lowest BCUT2D eigenvalue weighted by molar-refractivity contribution is -0.385. The van der Waals surface area contributed by atoms with Crippen LogP contribution in [0.1, 0.15) is 10.4 Å². The van der Waals surface area contributed by atoms with Gasteiger partial charge in [-0.05, 0) is 6.07 Å². The zero-order valence-electron chi connectivity index (χ0n) is 7.17. The van der Waals surface area contributed by atoms with Crippen LogP contribution in [0.5, 0.6) is 0 Å². The Morgan fingerprint density at radius 1 is 1.60 bits per heavy atom. The number of halogens is 3. The Hall–Kier alpha value is -1.01. The lowest BCUT2D eigenvalue weighted by Gasteiger charge is -2.02. The average molecular weight is 296 g/mol. The molecule has 1 aromatic carbocycles. The fourth-order valence-electron chi connectivity index (χ4n) is 1.05. The number of nitrogens with zero attached hydrogens (tertiary/aromatic N) is 1. The van der Waals surface area contributed by atoms with Crippen LogP contribution in [0.15, 0.2) is 16.6 Å². The first-order valence-corrected chi connectivity index (χ1v) is 5.02. The van der Waals surface area contributed by atoms with E-state index in [4.69, 9.17) is 11.6 Å². The van der Waals surface area contributed by atoms with Crippen LogP contribution in [0.2, 0.25) is 0 Å². The number of carbonyl (C=O) groups excluding carboxylic acids is 1. The highest BCUT2D eigenvalue weighted by Gasteiger charge is 2.24. The molecule has 0 aromatic heterocycles. The number of alkyl halides is 1. The van der Waals surface area contributed by atoms with E-state index in [1.807, 2.05) is 0 Å². The van der Waals surface area contributed by atoms with E-state index in [9.17, 15) is 19.3 Å². The van der Waals surface area contributed by atoms with Gasteiger partial charge in [-0.2, -0.15) is 0 Å². The third-order valence-corrected chi connectivity index (χ3v) is 2.33. The third kappa shape index (κ3) is 2.51. The molecule has 0 bridgehead atoms. The van der Waals surface area contributed by atoms with Gasteiger partial charge in [0.1, 0.15) is 11.4 Å². The van der Waals surface area contributed by atoms with Gasteiger partial charge in [0.25, 0.3) is 5.69 Å². The summed E-state index contributed by atoms with van der Waals surface area (Å²) < 4.78 is 13.5. The van der Waals surface area contributed by atoms with Gasteiger partial charge in [-0.3, -0.25) is 14.9 Å². The minimum absolute atomic E-state index is 0.192. The van der Waals surface area contributed by atoms with Gasteiger partial charge < -0.3 is 0 Å². The molecule has 1 aromatic rings. The first-order chi connectivity index (χ1) is 6.97. The van der Waals surface area contributed by atoms with E-state index in [1.54, 1.807) is 0 Å². The summed E-state index contributed by atoms with van der Waals surface area (Å²) in [5, 5.41) is 10.6. The van der Waals surface area contributed by atoms with Crippen molar-refractivity contribution in [2.45, 2.75) is 0 Å². The number of rotatable bonds is 3. The normalized spacial score (nSPS) is 10.1. The van der Waals surface area contributed by atoms with Gasteiger partial charge in [-0.15, -0.1) is 11.6 Å². The highest BCUT2D eigenvalue weighted by molar-refractivity contribution is 9.10. The van der Waals surface area contributed by atoms with Crippen molar-refractivity contribution in [3.05, 3.63) is 38.1 Å². The number of nitro benzene ring substituents is 1. The van der Waals surface area contributed by atoms with Crippen LogP contribution in [0, 0.1) is 15.9 Å². The molecule has 0 saturated carbocycles. The van der Waals surface area contributed by atoms with Crippen molar-refractivity contribution in [1.82, 2.24) is 0 Å². The minimum Gasteiger partial charge on any atom is -0.292 e. The monoisotopic (exact) mass is 295 g/mol. The molecule has 0 atom stereocenters.